The van der Waals surface area contributed by atoms with Crippen LogP contribution in [0.4, 0.5) is 5.95 Å². The highest BCUT2D eigenvalue weighted by molar-refractivity contribution is 5.92. The number of aryl methyl sites for hydroxylation is 1. The number of hydrogen-bond donors (Lipinski definition) is 1. The molecule has 25 heavy (non-hydrogen) atoms. The summed E-state index contributed by atoms with van der Waals surface area (Å²) in [7, 11) is 1.99. The van der Waals surface area contributed by atoms with Gasteiger partial charge in [0.25, 0.3) is 5.91 Å². The summed E-state index contributed by atoms with van der Waals surface area (Å²) in [4.78, 5) is 31.3. The number of fused-ring (bicyclic) bond motifs is 1. The van der Waals surface area contributed by atoms with E-state index in [1.54, 1.807) is 18.5 Å². The van der Waals surface area contributed by atoms with Crippen LogP contribution in [0.15, 0.2) is 36.9 Å². The topological polar surface area (TPSA) is 88.8 Å². The zero-order chi connectivity index (χ0) is 17.2. The van der Waals surface area contributed by atoms with E-state index in [2.05, 4.69) is 25.2 Å². The summed E-state index contributed by atoms with van der Waals surface area (Å²) >= 11 is 0. The predicted octanol–water partition coefficient (Wildman–Crippen LogP) is 1.16. The largest absolute Gasteiger partial charge is 0.348 e. The van der Waals surface area contributed by atoms with E-state index >= 15 is 0 Å². The van der Waals surface area contributed by atoms with Gasteiger partial charge in [0.05, 0.1) is 0 Å². The predicted molar refractivity (Wildman–Crippen MR) is 93.2 cm³/mol. The lowest BCUT2D eigenvalue weighted by molar-refractivity contribution is 0.0926. The molecule has 1 fully saturated rings. The van der Waals surface area contributed by atoms with Gasteiger partial charge in [-0.05, 0) is 31.0 Å². The fraction of sp³-hybridized carbons (Fsp3) is 0.353. The maximum absolute atomic E-state index is 12.2. The molecule has 3 aromatic heterocycles. The molecule has 0 saturated carbocycles. The third-order valence-corrected chi connectivity index (χ3v) is 4.53. The molecular weight excluding hydrogens is 318 g/mol. The molecule has 0 unspecified atom stereocenters. The number of pyridine rings is 1. The van der Waals surface area contributed by atoms with E-state index in [0.29, 0.717) is 5.69 Å². The van der Waals surface area contributed by atoms with Crippen molar-refractivity contribution in [2.75, 3.05) is 18.0 Å². The highest BCUT2D eigenvalue weighted by Gasteiger charge is 2.24. The molecule has 0 spiro atoms. The Hall–Kier alpha value is -3.03. The van der Waals surface area contributed by atoms with Crippen LogP contribution in [0.5, 0.6) is 0 Å². The van der Waals surface area contributed by atoms with Gasteiger partial charge in [0.2, 0.25) is 5.95 Å². The van der Waals surface area contributed by atoms with E-state index in [4.69, 9.17) is 4.98 Å². The number of piperidine rings is 1. The standard InChI is InChI=1S/C17H19N7O/c1-23-15-13(3-2-7-19-15)22-17(23)24-9-5-12(6-10-24)21-16(25)14-4-8-18-11-20-14/h2-4,7-8,11-12H,5-6,9-10H2,1H3,(H,21,25). The van der Waals surface area contributed by atoms with Gasteiger partial charge in [0, 0.05) is 38.6 Å². The normalized spacial score (nSPS) is 15.5. The lowest BCUT2D eigenvalue weighted by Crippen LogP contribution is -2.45. The molecule has 4 rings (SSSR count). The minimum atomic E-state index is -0.146. The molecule has 1 aliphatic rings. The van der Waals surface area contributed by atoms with Crippen LogP contribution < -0.4 is 10.2 Å². The molecule has 0 radical (unpaired) electrons. The highest BCUT2D eigenvalue weighted by Crippen LogP contribution is 2.22. The van der Waals surface area contributed by atoms with E-state index in [1.165, 1.54) is 6.33 Å². The molecule has 1 amide bonds. The summed E-state index contributed by atoms with van der Waals surface area (Å²) in [6, 6.07) is 5.64. The number of aromatic nitrogens is 5. The second kappa shape index (κ2) is 6.46. The number of imidazole rings is 1. The minimum absolute atomic E-state index is 0.145. The average Bonchev–Trinajstić information content (AvgIpc) is 3.00. The molecule has 0 aromatic carbocycles. The molecule has 0 aliphatic carbocycles. The zero-order valence-corrected chi connectivity index (χ0v) is 14.0. The van der Waals surface area contributed by atoms with Crippen LogP contribution in [0.1, 0.15) is 23.3 Å². The maximum Gasteiger partial charge on any atom is 0.270 e. The molecule has 0 atom stereocenters. The lowest BCUT2D eigenvalue weighted by atomic mass is 10.1. The molecule has 128 valence electrons. The quantitative estimate of drug-likeness (QED) is 0.771. The first-order valence-electron chi connectivity index (χ1n) is 8.31. The third kappa shape index (κ3) is 3.02. The van der Waals surface area contributed by atoms with Gasteiger partial charge in [0.15, 0.2) is 5.65 Å². The molecule has 1 saturated heterocycles. The zero-order valence-electron chi connectivity index (χ0n) is 14.0. The smallest absolute Gasteiger partial charge is 0.270 e. The van der Waals surface area contributed by atoms with Crippen LogP contribution in [-0.4, -0.2) is 49.5 Å². The van der Waals surface area contributed by atoms with Crippen molar-refractivity contribution in [3.8, 4) is 0 Å². The van der Waals surface area contributed by atoms with Gasteiger partial charge in [-0.2, -0.15) is 0 Å². The van der Waals surface area contributed by atoms with Gasteiger partial charge < -0.3 is 10.2 Å². The molecule has 3 aromatic rings. The Kier molecular flexibility index (Phi) is 4.01. The van der Waals surface area contributed by atoms with Crippen molar-refractivity contribution in [2.24, 2.45) is 7.05 Å². The Bertz CT molecular complexity index is 884. The van der Waals surface area contributed by atoms with E-state index in [9.17, 15) is 4.79 Å². The summed E-state index contributed by atoms with van der Waals surface area (Å²) in [5.41, 5.74) is 2.19. The molecule has 0 bridgehead atoms. The summed E-state index contributed by atoms with van der Waals surface area (Å²) < 4.78 is 2.02. The Labute approximate surface area is 144 Å². The summed E-state index contributed by atoms with van der Waals surface area (Å²) in [5.74, 6) is 0.780. The van der Waals surface area contributed by atoms with Gasteiger partial charge >= 0.3 is 0 Å². The van der Waals surface area contributed by atoms with Gasteiger partial charge in [-0.1, -0.05) is 0 Å². The van der Waals surface area contributed by atoms with Crippen molar-refractivity contribution >= 4 is 23.0 Å². The number of rotatable bonds is 3. The maximum atomic E-state index is 12.2. The van der Waals surface area contributed by atoms with Gasteiger partial charge in [0.1, 0.15) is 17.5 Å². The number of amides is 1. The minimum Gasteiger partial charge on any atom is -0.348 e. The summed E-state index contributed by atoms with van der Waals surface area (Å²) in [6.45, 7) is 1.68. The Morgan fingerprint density at radius 3 is 2.76 bits per heavy atom. The van der Waals surface area contributed by atoms with E-state index in [-0.39, 0.29) is 11.9 Å². The fourth-order valence-corrected chi connectivity index (χ4v) is 3.20. The fourth-order valence-electron chi connectivity index (χ4n) is 3.20. The van der Waals surface area contributed by atoms with Crippen LogP contribution in [0.25, 0.3) is 11.2 Å². The molecular formula is C17H19N7O. The van der Waals surface area contributed by atoms with Crippen LogP contribution in [0.2, 0.25) is 0 Å². The van der Waals surface area contributed by atoms with Gasteiger partial charge in [-0.3, -0.25) is 9.36 Å². The lowest BCUT2D eigenvalue weighted by Gasteiger charge is -2.32. The number of carbonyl (C=O) groups excluding carboxylic acids is 1. The monoisotopic (exact) mass is 337 g/mol. The van der Waals surface area contributed by atoms with Crippen LogP contribution in [-0.2, 0) is 7.05 Å². The molecule has 4 heterocycles. The number of nitrogens with one attached hydrogen (secondary N) is 1. The van der Waals surface area contributed by atoms with Crippen molar-refractivity contribution in [3.05, 3.63) is 42.6 Å². The SMILES string of the molecule is Cn1c(N2CCC(NC(=O)c3ccncn3)CC2)nc2cccnc21. The van der Waals surface area contributed by atoms with E-state index in [1.807, 2.05) is 23.7 Å². The van der Waals surface area contributed by atoms with Crippen molar-refractivity contribution in [3.63, 3.8) is 0 Å². The van der Waals surface area contributed by atoms with Crippen LogP contribution in [0.3, 0.4) is 0 Å². The first-order valence-corrected chi connectivity index (χ1v) is 8.31. The van der Waals surface area contributed by atoms with Crippen LogP contribution >= 0.6 is 0 Å². The van der Waals surface area contributed by atoms with Gasteiger partial charge in [-0.25, -0.2) is 19.9 Å². The first kappa shape index (κ1) is 15.5. The molecule has 8 heteroatoms. The van der Waals surface area contributed by atoms with Crippen molar-refractivity contribution in [1.29, 1.82) is 0 Å². The van der Waals surface area contributed by atoms with Crippen molar-refractivity contribution in [2.45, 2.75) is 18.9 Å². The number of anilines is 1. The first-order chi connectivity index (χ1) is 12.2. The van der Waals surface area contributed by atoms with E-state index < -0.39 is 0 Å². The average molecular weight is 337 g/mol. The number of carbonyl (C=O) groups is 1. The Morgan fingerprint density at radius 1 is 1.20 bits per heavy atom. The van der Waals surface area contributed by atoms with Crippen molar-refractivity contribution < 1.29 is 4.79 Å². The third-order valence-electron chi connectivity index (χ3n) is 4.53. The summed E-state index contributed by atoms with van der Waals surface area (Å²) in [6.07, 6.45) is 6.48. The molecule has 8 nitrogen and oxygen atoms in total. The molecule has 1 N–H and O–H groups in total. The summed E-state index contributed by atoms with van der Waals surface area (Å²) in [5, 5.41) is 3.05. The number of nitrogens with zero attached hydrogens (tertiary/aromatic N) is 6. The highest BCUT2D eigenvalue weighted by atomic mass is 16.1. The van der Waals surface area contributed by atoms with Gasteiger partial charge in [-0.15, -0.1) is 0 Å². The second-order valence-corrected chi connectivity index (χ2v) is 6.15. The number of hydrogen-bond acceptors (Lipinski definition) is 6. The Morgan fingerprint density at radius 2 is 2.04 bits per heavy atom. The Balaban J connectivity index is 1.41. The van der Waals surface area contributed by atoms with Crippen LogP contribution in [0, 0.1) is 0 Å². The molecule has 1 aliphatic heterocycles. The van der Waals surface area contributed by atoms with Crippen molar-refractivity contribution in [1.82, 2.24) is 29.8 Å². The van der Waals surface area contributed by atoms with E-state index in [0.717, 1.165) is 43.0 Å². The second-order valence-electron chi connectivity index (χ2n) is 6.15.